The molecule has 0 bridgehead atoms. The first-order valence-corrected chi connectivity index (χ1v) is 9.90. The number of amides is 2. The quantitative estimate of drug-likeness (QED) is 0.493. The van der Waals surface area contributed by atoms with E-state index in [1.54, 1.807) is 23.9 Å². The number of carbonyl (C=O) groups excluding carboxylic acids is 2. The van der Waals surface area contributed by atoms with Crippen molar-refractivity contribution in [3.8, 4) is 16.9 Å². The topological polar surface area (TPSA) is 67.4 Å². The highest BCUT2D eigenvalue weighted by Crippen LogP contribution is 2.29. The molecule has 0 spiro atoms. The van der Waals surface area contributed by atoms with Crippen LogP contribution in [-0.4, -0.2) is 24.7 Å². The van der Waals surface area contributed by atoms with E-state index in [2.05, 4.69) is 10.9 Å². The molecule has 3 aromatic carbocycles. The molecule has 2 N–H and O–H groups in total. The van der Waals surface area contributed by atoms with Gasteiger partial charge in [-0.2, -0.15) is 0 Å². The number of hydrogen-bond acceptors (Lipinski definition) is 4. The predicted molar refractivity (Wildman–Crippen MR) is 111 cm³/mol. The Bertz CT molecular complexity index is 944. The summed E-state index contributed by atoms with van der Waals surface area (Å²) in [6.07, 6.45) is 1.96. The first-order chi connectivity index (χ1) is 13.7. The second-order valence-corrected chi connectivity index (χ2v) is 6.76. The van der Waals surface area contributed by atoms with Crippen molar-refractivity contribution in [1.29, 1.82) is 0 Å². The van der Waals surface area contributed by atoms with Gasteiger partial charge in [-0.1, -0.05) is 48.5 Å². The number of para-hydroxylation sites is 1. The van der Waals surface area contributed by atoms with Crippen LogP contribution in [0.1, 0.15) is 10.4 Å². The highest BCUT2D eigenvalue weighted by atomic mass is 32.2. The third-order valence-electron chi connectivity index (χ3n) is 4.00. The third-order valence-corrected chi connectivity index (χ3v) is 4.74. The average Bonchev–Trinajstić information content (AvgIpc) is 2.77. The van der Waals surface area contributed by atoms with Crippen molar-refractivity contribution in [2.45, 2.75) is 4.90 Å². The monoisotopic (exact) mass is 392 g/mol. The van der Waals surface area contributed by atoms with Crippen LogP contribution < -0.4 is 15.6 Å². The highest BCUT2D eigenvalue weighted by Gasteiger charge is 2.10. The van der Waals surface area contributed by atoms with E-state index >= 15 is 0 Å². The minimum Gasteiger partial charge on any atom is -0.483 e. The molecule has 0 saturated carbocycles. The average molecular weight is 392 g/mol. The molecule has 0 aliphatic rings. The molecule has 0 atom stereocenters. The normalized spacial score (nSPS) is 10.2. The van der Waals surface area contributed by atoms with Crippen molar-refractivity contribution >= 4 is 23.6 Å². The fourth-order valence-corrected chi connectivity index (χ4v) is 2.98. The molecule has 0 aliphatic heterocycles. The second-order valence-electron chi connectivity index (χ2n) is 5.88. The minimum absolute atomic E-state index is 0.213. The Morgan fingerprint density at radius 1 is 0.857 bits per heavy atom. The van der Waals surface area contributed by atoms with Gasteiger partial charge in [0, 0.05) is 16.0 Å². The fourth-order valence-electron chi connectivity index (χ4n) is 2.57. The molecule has 6 heteroatoms. The van der Waals surface area contributed by atoms with Crippen LogP contribution in [0.2, 0.25) is 0 Å². The van der Waals surface area contributed by atoms with Crippen molar-refractivity contribution in [2.75, 3.05) is 12.9 Å². The van der Waals surface area contributed by atoms with Gasteiger partial charge in [0.15, 0.2) is 6.61 Å². The Morgan fingerprint density at radius 3 is 2.25 bits per heavy atom. The maximum absolute atomic E-state index is 12.1. The van der Waals surface area contributed by atoms with E-state index in [-0.39, 0.29) is 12.5 Å². The molecule has 3 aromatic rings. The van der Waals surface area contributed by atoms with Crippen LogP contribution in [0, 0.1) is 0 Å². The summed E-state index contributed by atoms with van der Waals surface area (Å²) >= 11 is 1.59. The summed E-state index contributed by atoms with van der Waals surface area (Å²) in [5, 5.41) is 0. The van der Waals surface area contributed by atoms with Gasteiger partial charge in [0.25, 0.3) is 11.8 Å². The summed E-state index contributed by atoms with van der Waals surface area (Å²) in [6, 6.07) is 24.4. The van der Waals surface area contributed by atoms with E-state index in [4.69, 9.17) is 4.74 Å². The second kappa shape index (κ2) is 9.62. The number of hydrazine groups is 1. The first kappa shape index (κ1) is 19.5. The van der Waals surface area contributed by atoms with Gasteiger partial charge < -0.3 is 4.74 Å². The van der Waals surface area contributed by atoms with Gasteiger partial charge in [0.05, 0.1) is 0 Å². The Morgan fingerprint density at radius 2 is 1.54 bits per heavy atom. The molecular weight excluding hydrogens is 372 g/mol. The maximum Gasteiger partial charge on any atom is 0.276 e. The van der Waals surface area contributed by atoms with Crippen LogP contribution in [0.5, 0.6) is 5.75 Å². The zero-order valence-electron chi connectivity index (χ0n) is 15.3. The van der Waals surface area contributed by atoms with Crippen molar-refractivity contribution in [3.05, 3.63) is 84.4 Å². The van der Waals surface area contributed by atoms with Crippen molar-refractivity contribution in [1.82, 2.24) is 10.9 Å². The molecule has 28 heavy (non-hydrogen) atoms. The molecule has 5 nitrogen and oxygen atoms in total. The lowest BCUT2D eigenvalue weighted by Gasteiger charge is -2.12. The van der Waals surface area contributed by atoms with Gasteiger partial charge in [-0.05, 0) is 42.2 Å². The van der Waals surface area contributed by atoms with E-state index in [0.717, 1.165) is 16.0 Å². The molecule has 2 amide bonds. The van der Waals surface area contributed by atoms with Gasteiger partial charge >= 0.3 is 0 Å². The maximum atomic E-state index is 12.1. The molecule has 0 aliphatic carbocycles. The van der Waals surface area contributed by atoms with Gasteiger partial charge in [-0.15, -0.1) is 11.8 Å². The summed E-state index contributed by atoms with van der Waals surface area (Å²) < 4.78 is 5.66. The lowest BCUT2D eigenvalue weighted by Crippen LogP contribution is -2.43. The standard InChI is InChI=1S/C22H20N2O3S/c1-28-18-13-11-17(12-14-18)22(26)24-23-21(25)15-27-20-10-6-5-9-19(20)16-7-3-2-4-8-16/h2-14H,15H2,1H3,(H,23,25)(H,24,26). The van der Waals surface area contributed by atoms with Crippen LogP contribution in [0.15, 0.2) is 83.8 Å². The van der Waals surface area contributed by atoms with E-state index < -0.39 is 5.91 Å². The van der Waals surface area contributed by atoms with E-state index in [0.29, 0.717) is 11.3 Å². The van der Waals surface area contributed by atoms with Gasteiger partial charge in [-0.25, -0.2) is 0 Å². The van der Waals surface area contributed by atoms with Crippen LogP contribution in [-0.2, 0) is 4.79 Å². The lowest BCUT2D eigenvalue weighted by atomic mass is 10.1. The van der Waals surface area contributed by atoms with E-state index in [1.807, 2.05) is 73.0 Å². The number of ether oxygens (including phenoxy) is 1. The number of thioether (sulfide) groups is 1. The van der Waals surface area contributed by atoms with Crippen LogP contribution in [0.4, 0.5) is 0 Å². The highest BCUT2D eigenvalue weighted by molar-refractivity contribution is 7.98. The largest absolute Gasteiger partial charge is 0.483 e. The predicted octanol–water partition coefficient (Wildman–Crippen LogP) is 3.92. The number of nitrogens with one attached hydrogen (secondary N) is 2. The van der Waals surface area contributed by atoms with Crippen molar-refractivity contribution < 1.29 is 14.3 Å². The first-order valence-electron chi connectivity index (χ1n) is 8.68. The summed E-state index contributed by atoms with van der Waals surface area (Å²) in [5.74, 6) is -0.231. The Labute approximate surface area is 168 Å². The number of hydrogen-bond donors (Lipinski definition) is 2. The number of benzene rings is 3. The molecule has 0 saturated heterocycles. The fraction of sp³-hybridized carbons (Fsp3) is 0.0909. The Balaban J connectivity index is 1.54. The minimum atomic E-state index is -0.447. The Hall–Kier alpha value is -3.25. The van der Waals surface area contributed by atoms with Crippen LogP contribution >= 0.6 is 11.8 Å². The molecule has 0 radical (unpaired) electrons. The summed E-state index contributed by atoms with van der Waals surface area (Å²) in [5.41, 5.74) is 7.13. The third kappa shape index (κ3) is 5.14. The van der Waals surface area contributed by atoms with Gasteiger partial charge in [0.2, 0.25) is 0 Å². The van der Waals surface area contributed by atoms with Crippen molar-refractivity contribution in [2.24, 2.45) is 0 Å². The zero-order chi connectivity index (χ0) is 19.8. The van der Waals surface area contributed by atoms with Crippen molar-refractivity contribution in [3.63, 3.8) is 0 Å². The zero-order valence-corrected chi connectivity index (χ0v) is 16.2. The van der Waals surface area contributed by atoms with Gasteiger partial charge in [-0.3, -0.25) is 20.4 Å². The molecule has 0 fully saturated rings. The Kier molecular flexibility index (Phi) is 6.70. The van der Waals surface area contributed by atoms with E-state index in [1.165, 1.54) is 0 Å². The summed E-state index contributed by atoms with van der Waals surface area (Å²) in [4.78, 5) is 25.2. The molecule has 142 valence electrons. The summed E-state index contributed by atoms with van der Waals surface area (Å²) in [7, 11) is 0. The molecule has 0 heterocycles. The molecular formula is C22H20N2O3S. The molecule has 0 unspecified atom stereocenters. The SMILES string of the molecule is CSc1ccc(C(=O)NNC(=O)COc2ccccc2-c2ccccc2)cc1. The number of rotatable bonds is 6. The molecule has 0 aromatic heterocycles. The van der Waals surface area contributed by atoms with Crippen LogP contribution in [0.3, 0.4) is 0 Å². The molecule has 3 rings (SSSR count). The van der Waals surface area contributed by atoms with Gasteiger partial charge in [0.1, 0.15) is 5.75 Å². The summed E-state index contributed by atoms with van der Waals surface area (Å²) in [6.45, 7) is -0.213. The van der Waals surface area contributed by atoms with Crippen LogP contribution in [0.25, 0.3) is 11.1 Å². The lowest BCUT2D eigenvalue weighted by molar-refractivity contribution is -0.123. The van der Waals surface area contributed by atoms with E-state index in [9.17, 15) is 9.59 Å². The number of carbonyl (C=O) groups is 2. The smallest absolute Gasteiger partial charge is 0.276 e.